The van der Waals surface area contributed by atoms with Crippen molar-refractivity contribution < 1.29 is 24.3 Å². The van der Waals surface area contributed by atoms with Crippen LogP contribution in [0.5, 0.6) is 5.75 Å². The van der Waals surface area contributed by atoms with E-state index in [1.165, 1.54) is 0 Å². The molecule has 0 radical (unpaired) electrons. The highest BCUT2D eigenvalue weighted by atomic mass is 32.2. The number of thioether (sulfide) groups is 1. The number of nitro groups is 1. The van der Waals surface area contributed by atoms with E-state index in [1.54, 1.807) is 6.92 Å². The van der Waals surface area contributed by atoms with Crippen LogP contribution in [0.4, 0.5) is 5.69 Å². The molecule has 0 spiro atoms. The summed E-state index contributed by atoms with van der Waals surface area (Å²) in [7, 11) is 0. The van der Waals surface area contributed by atoms with Gasteiger partial charge in [-0.25, -0.2) is 4.79 Å². The molecule has 1 heterocycles. The van der Waals surface area contributed by atoms with Crippen molar-refractivity contribution in [2.24, 2.45) is 0 Å². The van der Waals surface area contributed by atoms with Gasteiger partial charge in [0.05, 0.1) is 4.92 Å². The first-order valence-corrected chi connectivity index (χ1v) is 6.59. The van der Waals surface area contributed by atoms with E-state index in [2.05, 4.69) is 10.2 Å². The van der Waals surface area contributed by atoms with Crippen molar-refractivity contribution >= 4 is 29.5 Å². The molecule has 0 bridgehead atoms. The van der Waals surface area contributed by atoms with Gasteiger partial charge in [-0.1, -0.05) is 0 Å². The van der Waals surface area contributed by atoms with Crippen molar-refractivity contribution in [2.45, 2.75) is 12.1 Å². The fourth-order valence-electron chi connectivity index (χ4n) is 1.46. The van der Waals surface area contributed by atoms with E-state index in [1.807, 2.05) is 0 Å². The van der Waals surface area contributed by atoms with Gasteiger partial charge < -0.3 is 14.6 Å². The lowest BCUT2D eigenvalue weighted by atomic mass is 10.1. The number of carboxylic acid groups (broad SMARTS) is 1. The minimum absolute atomic E-state index is 0.00432. The summed E-state index contributed by atoms with van der Waals surface area (Å²) < 4.78 is 5.06. The maximum absolute atomic E-state index is 11.3. The van der Waals surface area contributed by atoms with Crippen LogP contribution in [0.2, 0.25) is 0 Å². The molecule has 114 valence electrons. The number of hydrogen-bond acceptors (Lipinski definition) is 8. The van der Waals surface area contributed by atoms with E-state index in [9.17, 15) is 25.1 Å². The molecule has 0 fully saturated rings. The van der Waals surface area contributed by atoms with Crippen LogP contribution in [0.1, 0.15) is 11.5 Å². The van der Waals surface area contributed by atoms with Crippen LogP contribution in [0.25, 0.3) is 6.08 Å². The number of aromatic hydroxyl groups is 1. The van der Waals surface area contributed by atoms with E-state index < -0.39 is 10.9 Å². The van der Waals surface area contributed by atoms with Crippen LogP contribution in [0.15, 0.2) is 32.7 Å². The first-order valence-electron chi connectivity index (χ1n) is 5.77. The van der Waals surface area contributed by atoms with Crippen molar-refractivity contribution in [2.75, 3.05) is 0 Å². The molecule has 0 aliphatic heterocycles. The fourth-order valence-corrected chi connectivity index (χ4v) is 2.17. The van der Waals surface area contributed by atoms with Crippen LogP contribution >= 0.6 is 11.8 Å². The van der Waals surface area contributed by atoms with Crippen molar-refractivity contribution in [1.82, 2.24) is 10.2 Å². The van der Waals surface area contributed by atoms with Gasteiger partial charge in [0.15, 0.2) is 0 Å². The molecule has 10 heteroatoms. The minimum atomic E-state index is -1.30. The summed E-state index contributed by atoms with van der Waals surface area (Å²) in [6.07, 6.45) is 1.09. The van der Waals surface area contributed by atoms with Crippen LogP contribution in [0.3, 0.4) is 0 Å². The Kier molecular flexibility index (Phi) is 4.41. The zero-order chi connectivity index (χ0) is 16.3. The lowest BCUT2D eigenvalue weighted by Crippen LogP contribution is -1.97. The molecule has 1 aromatic heterocycles. The number of aliphatic carboxylic acids is 1. The smallest absolute Gasteiger partial charge is 0.342 e. The Morgan fingerprint density at radius 1 is 1.45 bits per heavy atom. The second-order valence-electron chi connectivity index (χ2n) is 4.00. The largest absolute Gasteiger partial charge is 0.507 e. The highest BCUT2D eigenvalue weighted by molar-refractivity contribution is 8.03. The number of nitrogens with zero attached hydrogens (tertiary/aromatic N) is 3. The number of non-ortho nitro benzene ring substituents is 1. The second-order valence-corrected chi connectivity index (χ2v) is 5.00. The molecule has 0 unspecified atom stereocenters. The molecule has 1 aromatic carbocycles. The number of aromatic nitrogens is 2. The quantitative estimate of drug-likeness (QED) is 0.366. The van der Waals surface area contributed by atoms with Gasteiger partial charge in [0, 0.05) is 24.6 Å². The molecule has 2 rings (SSSR count). The van der Waals surface area contributed by atoms with Gasteiger partial charge in [0.1, 0.15) is 10.7 Å². The SMILES string of the molecule is Cc1nnc(S/C(=C\c2cc([N+](=O)[O-])ccc2O)C(=O)O)o1. The predicted octanol–water partition coefficient (Wildman–Crippen LogP) is 2.21. The molecule has 2 N–H and O–H groups in total. The highest BCUT2D eigenvalue weighted by Gasteiger charge is 2.16. The molecule has 0 saturated heterocycles. The molecule has 0 amide bonds. The van der Waals surface area contributed by atoms with E-state index in [0.717, 1.165) is 24.3 Å². The molecular weight excluding hydrogens is 314 g/mol. The average molecular weight is 323 g/mol. The van der Waals surface area contributed by atoms with Crippen molar-refractivity contribution in [3.05, 3.63) is 44.7 Å². The van der Waals surface area contributed by atoms with Gasteiger partial charge in [-0.05, 0) is 23.9 Å². The summed E-state index contributed by atoms with van der Waals surface area (Å²) in [5.74, 6) is -1.32. The molecule has 22 heavy (non-hydrogen) atoms. The number of rotatable bonds is 5. The van der Waals surface area contributed by atoms with Crippen molar-refractivity contribution in [3.63, 3.8) is 0 Å². The third-order valence-electron chi connectivity index (χ3n) is 2.42. The summed E-state index contributed by atoms with van der Waals surface area (Å²) in [4.78, 5) is 21.1. The third-order valence-corrected chi connectivity index (χ3v) is 3.28. The van der Waals surface area contributed by atoms with Gasteiger partial charge in [-0.15, -0.1) is 10.2 Å². The van der Waals surface area contributed by atoms with Gasteiger partial charge in [-0.3, -0.25) is 10.1 Å². The Labute approximate surface area is 127 Å². The molecule has 0 saturated carbocycles. The van der Waals surface area contributed by atoms with Crippen LogP contribution in [-0.2, 0) is 4.79 Å². The summed E-state index contributed by atoms with van der Waals surface area (Å²) in [5, 5.41) is 36.8. The zero-order valence-corrected chi connectivity index (χ0v) is 11.9. The normalized spacial score (nSPS) is 11.4. The number of phenolic OH excluding ortho intramolecular Hbond substituents is 1. The Balaban J connectivity index is 2.39. The minimum Gasteiger partial charge on any atom is -0.507 e. The molecule has 0 aliphatic rings. The first kappa shape index (κ1) is 15.5. The maximum atomic E-state index is 11.3. The Bertz CT molecular complexity index is 770. The standard InChI is InChI=1S/C12H9N3O6S/c1-6-13-14-12(21-6)22-10(11(17)18)5-7-4-8(15(19)20)2-3-9(7)16/h2-5,16H,1H3,(H,17,18)/b10-5-. The number of aryl methyl sites for hydroxylation is 1. The molecule has 2 aromatic rings. The van der Waals surface area contributed by atoms with E-state index in [4.69, 9.17) is 4.42 Å². The van der Waals surface area contributed by atoms with E-state index in [0.29, 0.717) is 11.8 Å². The van der Waals surface area contributed by atoms with Gasteiger partial charge in [0.25, 0.3) is 10.9 Å². The average Bonchev–Trinajstić information content (AvgIpc) is 2.85. The molecule has 0 aliphatic carbocycles. The fraction of sp³-hybridized carbons (Fsp3) is 0.0833. The van der Waals surface area contributed by atoms with Gasteiger partial charge in [0.2, 0.25) is 5.89 Å². The molecule has 9 nitrogen and oxygen atoms in total. The summed E-state index contributed by atoms with van der Waals surface area (Å²) in [5.41, 5.74) is -0.275. The second kappa shape index (κ2) is 6.26. The summed E-state index contributed by atoms with van der Waals surface area (Å²) in [6, 6.07) is 3.30. The maximum Gasteiger partial charge on any atom is 0.342 e. The lowest BCUT2D eigenvalue weighted by molar-refractivity contribution is -0.384. The number of benzene rings is 1. The van der Waals surface area contributed by atoms with Crippen molar-refractivity contribution in [3.8, 4) is 5.75 Å². The lowest BCUT2D eigenvalue weighted by Gasteiger charge is -2.02. The summed E-state index contributed by atoms with van der Waals surface area (Å²) >= 11 is 0.676. The number of carboxylic acids is 1. The first-order chi connectivity index (χ1) is 10.4. The van der Waals surface area contributed by atoms with E-state index in [-0.39, 0.29) is 33.0 Å². The van der Waals surface area contributed by atoms with Crippen LogP contribution in [-0.4, -0.2) is 31.3 Å². The van der Waals surface area contributed by atoms with E-state index >= 15 is 0 Å². The Morgan fingerprint density at radius 3 is 2.73 bits per heavy atom. The Hall–Kier alpha value is -2.88. The number of hydrogen-bond donors (Lipinski definition) is 2. The predicted molar refractivity (Wildman–Crippen MR) is 75.3 cm³/mol. The third kappa shape index (κ3) is 3.61. The molecule has 0 atom stereocenters. The molecular formula is C12H9N3O6S. The topological polar surface area (TPSA) is 140 Å². The summed E-state index contributed by atoms with van der Waals surface area (Å²) in [6.45, 7) is 1.55. The van der Waals surface area contributed by atoms with Crippen LogP contribution in [0, 0.1) is 17.0 Å². The zero-order valence-electron chi connectivity index (χ0n) is 11.1. The van der Waals surface area contributed by atoms with Crippen LogP contribution < -0.4 is 0 Å². The number of phenols is 1. The highest BCUT2D eigenvalue weighted by Crippen LogP contribution is 2.31. The number of carbonyl (C=O) groups is 1. The number of nitro benzene ring substituents is 1. The van der Waals surface area contributed by atoms with Gasteiger partial charge >= 0.3 is 5.97 Å². The Morgan fingerprint density at radius 2 is 2.18 bits per heavy atom. The van der Waals surface area contributed by atoms with Gasteiger partial charge in [-0.2, -0.15) is 0 Å². The van der Waals surface area contributed by atoms with Crippen molar-refractivity contribution in [1.29, 1.82) is 0 Å². The monoisotopic (exact) mass is 323 g/mol.